The summed E-state index contributed by atoms with van der Waals surface area (Å²) < 4.78 is 0. The van der Waals surface area contributed by atoms with Gasteiger partial charge in [-0.2, -0.15) is 0 Å². The van der Waals surface area contributed by atoms with E-state index in [4.69, 9.17) is 11.6 Å². The summed E-state index contributed by atoms with van der Waals surface area (Å²) in [4.78, 5) is 0. The van der Waals surface area contributed by atoms with Gasteiger partial charge in [-0.25, -0.2) is 0 Å². The predicted molar refractivity (Wildman–Crippen MR) is 71.6 cm³/mol. The second-order valence-corrected chi connectivity index (χ2v) is 6.18. The van der Waals surface area contributed by atoms with Gasteiger partial charge in [-0.05, 0) is 23.7 Å². The second kappa shape index (κ2) is 7.54. The van der Waals surface area contributed by atoms with Gasteiger partial charge in [0.2, 0.25) is 0 Å². The quantitative estimate of drug-likeness (QED) is 0.509. The van der Waals surface area contributed by atoms with Crippen LogP contribution in [-0.4, -0.2) is 5.88 Å². The van der Waals surface area contributed by atoms with Gasteiger partial charge in [0.15, 0.2) is 0 Å². The van der Waals surface area contributed by atoms with Crippen molar-refractivity contribution in [2.45, 2.75) is 66.7 Å². The molecule has 0 aliphatic heterocycles. The first-order valence-corrected chi connectivity index (χ1v) is 7.05. The fraction of sp³-hybridized carbons (Fsp3) is 1.00. The summed E-state index contributed by atoms with van der Waals surface area (Å²) in [6.45, 7) is 11.5. The van der Waals surface area contributed by atoms with Gasteiger partial charge in [0, 0.05) is 5.88 Å². The summed E-state index contributed by atoms with van der Waals surface area (Å²) in [7, 11) is 0. The Balaban J connectivity index is 4.12. The van der Waals surface area contributed by atoms with Crippen molar-refractivity contribution in [3.8, 4) is 0 Å². The van der Waals surface area contributed by atoms with Gasteiger partial charge in [0.05, 0.1) is 0 Å². The molecular weight excluding hydrogens is 204 g/mol. The summed E-state index contributed by atoms with van der Waals surface area (Å²) in [5.74, 6) is 2.36. The number of hydrogen-bond acceptors (Lipinski definition) is 0. The average Bonchev–Trinajstić information content (AvgIpc) is 2.16. The largest absolute Gasteiger partial charge is 0.126 e. The van der Waals surface area contributed by atoms with Gasteiger partial charge >= 0.3 is 0 Å². The molecule has 2 atom stereocenters. The normalized spacial score (nSPS) is 16.4. The Bertz CT molecular complexity index is 146. The van der Waals surface area contributed by atoms with E-state index >= 15 is 0 Å². The van der Waals surface area contributed by atoms with E-state index in [2.05, 4.69) is 34.6 Å². The van der Waals surface area contributed by atoms with Crippen molar-refractivity contribution in [1.82, 2.24) is 0 Å². The summed E-state index contributed by atoms with van der Waals surface area (Å²) in [6.07, 6.45) is 6.69. The van der Waals surface area contributed by atoms with Crippen molar-refractivity contribution in [1.29, 1.82) is 0 Å². The van der Waals surface area contributed by atoms with E-state index in [-0.39, 0.29) is 0 Å². The summed E-state index contributed by atoms with van der Waals surface area (Å²) in [5.41, 5.74) is 0.362. The molecule has 15 heavy (non-hydrogen) atoms. The third kappa shape index (κ3) is 6.45. The highest BCUT2D eigenvalue weighted by molar-refractivity contribution is 6.18. The molecule has 0 aromatic rings. The Kier molecular flexibility index (Phi) is 7.69. The lowest BCUT2D eigenvalue weighted by Crippen LogP contribution is -2.24. The maximum Gasteiger partial charge on any atom is 0.0256 e. The second-order valence-electron chi connectivity index (χ2n) is 5.87. The molecule has 0 aromatic heterocycles. The SMILES string of the molecule is CCCCC(CC)CC(CCl)C(C)(C)C. The van der Waals surface area contributed by atoms with Crippen LogP contribution in [0.4, 0.5) is 0 Å². The number of unbranched alkanes of at least 4 members (excludes halogenated alkanes) is 1. The molecule has 2 unspecified atom stereocenters. The van der Waals surface area contributed by atoms with E-state index in [9.17, 15) is 0 Å². The molecule has 1 heteroatoms. The minimum absolute atomic E-state index is 0.362. The molecule has 0 saturated carbocycles. The minimum Gasteiger partial charge on any atom is -0.126 e. The lowest BCUT2D eigenvalue weighted by atomic mass is 9.75. The molecule has 0 nitrogen and oxygen atoms in total. The molecule has 0 fully saturated rings. The van der Waals surface area contributed by atoms with Crippen LogP contribution >= 0.6 is 11.6 Å². The predicted octanol–water partition coefficient (Wildman–Crippen LogP) is 5.49. The van der Waals surface area contributed by atoms with Gasteiger partial charge in [-0.15, -0.1) is 11.6 Å². The number of halogens is 1. The Morgan fingerprint density at radius 2 is 1.73 bits per heavy atom. The van der Waals surface area contributed by atoms with E-state index in [1.807, 2.05) is 0 Å². The number of hydrogen-bond donors (Lipinski definition) is 0. The molecule has 0 rings (SSSR count). The highest BCUT2D eigenvalue weighted by atomic mass is 35.5. The van der Waals surface area contributed by atoms with Crippen LogP contribution < -0.4 is 0 Å². The lowest BCUT2D eigenvalue weighted by molar-refractivity contribution is 0.208. The Morgan fingerprint density at radius 1 is 1.13 bits per heavy atom. The van der Waals surface area contributed by atoms with Crippen molar-refractivity contribution in [2.75, 3.05) is 5.88 Å². The molecule has 0 aliphatic rings. The number of alkyl halides is 1. The van der Waals surface area contributed by atoms with E-state index < -0.39 is 0 Å². The van der Waals surface area contributed by atoms with Crippen molar-refractivity contribution < 1.29 is 0 Å². The fourth-order valence-electron chi connectivity index (χ4n) is 2.03. The van der Waals surface area contributed by atoms with Crippen LogP contribution in [0.1, 0.15) is 66.7 Å². The first kappa shape index (κ1) is 15.3. The van der Waals surface area contributed by atoms with Crippen LogP contribution in [0.3, 0.4) is 0 Å². The third-order valence-corrected chi connectivity index (χ3v) is 3.94. The van der Waals surface area contributed by atoms with Crippen molar-refractivity contribution in [3.63, 3.8) is 0 Å². The Morgan fingerprint density at radius 3 is 2.07 bits per heavy atom. The molecule has 0 heterocycles. The highest BCUT2D eigenvalue weighted by Crippen LogP contribution is 2.34. The van der Waals surface area contributed by atoms with Crippen LogP contribution in [0.5, 0.6) is 0 Å². The molecule has 0 saturated heterocycles. The first-order valence-electron chi connectivity index (χ1n) is 6.51. The summed E-state index contributed by atoms with van der Waals surface area (Å²) in [5, 5.41) is 0. The molecule has 0 bridgehead atoms. The fourth-order valence-corrected chi connectivity index (χ4v) is 2.62. The van der Waals surface area contributed by atoms with Crippen molar-refractivity contribution in [2.24, 2.45) is 17.3 Å². The van der Waals surface area contributed by atoms with Crippen LogP contribution in [-0.2, 0) is 0 Å². The maximum absolute atomic E-state index is 6.09. The van der Waals surface area contributed by atoms with E-state index in [0.717, 1.165) is 11.8 Å². The van der Waals surface area contributed by atoms with Crippen molar-refractivity contribution >= 4 is 11.6 Å². The Hall–Kier alpha value is 0.290. The monoisotopic (exact) mass is 232 g/mol. The third-order valence-electron chi connectivity index (χ3n) is 3.57. The van der Waals surface area contributed by atoms with Gasteiger partial charge in [0.1, 0.15) is 0 Å². The standard InChI is InChI=1S/C14H29Cl/c1-6-8-9-12(7-2)10-13(11-15)14(3,4)5/h12-13H,6-11H2,1-5H3. The van der Waals surface area contributed by atoms with Crippen LogP contribution in [0, 0.1) is 17.3 Å². The summed E-state index contributed by atoms with van der Waals surface area (Å²) >= 11 is 6.09. The van der Waals surface area contributed by atoms with Gasteiger partial charge in [-0.1, -0.05) is 60.3 Å². The average molecular weight is 233 g/mol. The molecule has 0 spiro atoms. The highest BCUT2D eigenvalue weighted by Gasteiger charge is 2.25. The molecule has 92 valence electrons. The molecule has 0 radical (unpaired) electrons. The molecule has 0 amide bonds. The van der Waals surface area contributed by atoms with E-state index in [1.165, 1.54) is 32.1 Å². The first-order chi connectivity index (χ1) is 6.95. The zero-order valence-electron chi connectivity index (χ0n) is 11.3. The minimum atomic E-state index is 0.362. The molecular formula is C14H29Cl. The number of rotatable bonds is 7. The maximum atomic E-state index is 6.09. The van der Waals surface area contributed by atoms with Crippen LogP contribution in [0.15, 0.2) is 0 Å². The van der Waals surface area contributed by atoms with Gasteiger partial charge in [-0.3, -0.25) is 0 Å². The topological polar surface area (TPSA) is 0 Å². The van der Waals surface area contributed by atoms with Crippen LogP contribution in [0.2, 0.25) is 0 Å². The van der Waals surface area contributed by atoms with Gasteiger partial charge in [0.25, 0.3) is 0 Å². The van der Waals surface area contributed by atoms with Crippen LogP contribution in [0.25, 0.3) is 0 Å². The van der Waals surface area contributed by atoms with E-state index in [1.54, 1.807) is 0 Å². The summed E-state index contributed by atoms with van der Waals surface area (Å²) in [6, 6.07) is 0. The lowest BCUT2D eigenvalue weighted by Gasteiger charge is -2.32. The van der Waals surface area contributed by atoms with Crippen molar-refractivity contribution in [3.05, 3.63) is 0 Å². The Labute approximate surface area is 102 Å². The smallest absolute Gasteiger partial charge is 0.0256 e. The molecule has 0 aromatic carbocycles. The zero-order chi connectivity index (χ0) is 11.9. The molecule has 0 aliphatic carbocycles. The molecule has 0 N–H and O–H groups in total. The zero-order valence-corrected chi connectivity index (χ0v) is 12.0. The van der Waals surface area contributed by atoms with E-state index in [0.29, 0.717) is 11.3 Å². The van der Waals surface area contributed by atoms with Gasteiger partial charge < -0.3 is 0 Å².